The van der Waals surface area contributed by atoms with Crippen LogP contribution in [0.1, 0.15) is 67.6 Å². The van der Waals surface area contributed by atoms with Crippen molar-refractivity contribution in [1.82, 2.24) is 20.1 Å². The number of carbonyl (C=O) groups is 1. The summed E-state index contributed by atoms with van der Waals surface area (Å²) in [6.07, 6.45) is 5.26. The minimum absolute atomic E-state index is 0.0473. The van der Waals surface area contributed by atoms with Crippen molar-refractivity contribution in [3.05, 3.63) is 17.5 Å². The van der Waals surface area contributed by atoms with Crippen molar-refractivity contribution in [3.8, 4) is 0 Å². The SMILES string of the molecule is C[C@H]1C[C@@H](NC(=O)c2cc(C3CC3)on2)CCN1S(=O)(=O)CC1CCNCC1. The third-order valence-electron chi connectivity index (χ3n) is 6.15. The van der Waals surface area contributed by atoms with Gasteiger partial charge in [0.25, 0.3) is 5.91 Å². The van der Waals surface area contributed by atoms with E-state index in [0.717, 1.165) is 44.5 Å². The molecule has 28 heavy (non-hydrogen) atoms. The zero-order chi connectivity index (χ0) is 19.7. The van der Waals surface area contributed by atoms with Crippen LogP contribution < -0.4 is 10.6 Å². The topological polar surface area (TPSA) is 105 Å². The molecule has 0 unspecified atom stereocenters. The number of hydrogen-bond acceptors (Lipinski definition) is 6. The van der Waals surface area contributed by atoms with E-state index < -0.39 is 10.0 Å². The summed E-state index contributed by atoms with van der Waals surface area (Å²) in [6, 6.07) is 1.56. The Labute approximate surface area is 166 Å². The number of rotatable bonds is 6. The number of aromatic nitrogens is 1. The third kappa shape index (κ3) is 4.58. The van der Waals surface area contributed by atoms with Gasteiger partial charge in [-0.05, 0) is 64.5 Å². The van der Waals surface area contributed by atoms with Gasteiger partial charge in [0.2, 0.25) is 10.0 Å². The highest BCUT2D eigenvalue weighted by atomic mass is 32.2. The maximum Gasteiger partial charge on any atom is 0.273 e. The van der Waals surface area contributed by atoms with Gasteiger partial charge in [0.1, 0.15) is 5.76 Å². The van der Waals surface area contributed by atoms with Gasteiger partial charge in [-0.25, -0.2) is 8.42 Å². The first kappa shape index (κ1) is 19.8. The van der Waals surface area contributed by atoms with E-state index in [0.29, 0.717) is 31.0 Å². The summed E-state index contributed by atoms with van der Waals surface area (Å²) in [6.45, 7) is 4.17. The molecular formula is C19H30N4O4S. The molecule has 2 saturated heterocycles. The average molecular weight is 411 g/mol. The Kier molecular flexibility index (Phi) is 5.76. The summed E-state index contributed by atoms with van der Waals surface area (Å²) in [7, 11) is -3.27. The molecule has 0 aromatic carbocycles. The third-order valence-corrected chi connectivity index (χ3v) is 8.30. The van der Waals surface area contributed by atoms with Crippen LogP contribution in [-0.2, 0) is 10.0 Å². The molecule has 4 rings (SSSR count). The molecule has 0 bridgehead atoms. The average Bonchev–Trinajstić information content (AvgIpc) is 3.38. The highest BCUT2D eigenvalue weighted by Gasteiger charge is 2.36. The van der Waals surface area contributed by atoms with Crippen LogP contribution in [0.5, 0.6) is 0 Å². The van der Waals surface area contributed by atoms with Crippen LogP contribution in [0, 0.1) is 5.92 Å². The molecule has 2 aliphatic heterocycles. The van der Waals surface area contributed by atoms with E-state index in [2.05, 4.69) is 15.8 Å². The number of piperidine rings is 2. The van der Waals surface area contributed by atoms with E-state index in [1.165, 1.54) is 0 Å². The highest BCUT2D eigenvalue weighted by molar-refractivity contribution is 7.89. The molecular weight excluding hydrogens is 380 g/mol. The van der Waals surface area contributed by atoms with Crippen LogP contribution in [0.15, 0.2) is 10.6 Å². The molecule has 1 aliphatic carbocycles. The van der Waals surface area contributed by atoms with Gasteiger partial charge in [-0.2, -0.15) is 4.31 Å². The number of amides is 1. The van der Waals surface area contributed by atoms with Crippen molar-refractivity contribution in [2.24, 2.45) is 5.92 Å². The summed E-state index contributed by atoms with van der Waals surface area (Å²) in [4.78, 5) is 12.4. The molecule has 3 fully saturated rings. The van der Waals surface area contributed by atoms with Crippen LogP contribution in [0.4, 0.5) is 0 Å². The molecule has 8 nitrogen and oxygen atoms in total. The summed E-state index contributed by atoms with van der Waals surface area (Å²) in [5.74, 6) is 1.45. The number of sulfonamides is 1. The largest absolute Gasteiger partial charge is 0.360 e. The molecule has 0 radical (unpaired) electrons. The van der Waals surface area contributed by atoms with Crippen LogP contribution >= 0.6 is 0 Å². The molecule has 1 saturated carbocycles. The molecule has 1 amide bonds. The van der Waals surface area contributed by atoms with E-state index in [1.54, 1.807) is 10.4 Å². The Hall–Kier alpha value is -1.45. The first-order valence-electron chi connectivity index (χ1n) is 10.4. The van der Waals surface area contributed by atoms with E-state index in [9.17, 15) is 13.2 Å². The maximum atomic E-state index is 12.9. The Morgan fingerprint density at radius 2 is 2.04 bits per heavy atom. The second-order valence-corrected chi connectivity index (χ2v) is 10.5. The zero-order valence-electron chi connectivity index (χ0n) is 16.4. The standard InChI is InChI=1S/C19H30N4O4S/c1-13-10-16(21-19(24)17-11-18(27-22-17)15-2-3-15)6-9-23(13)28(25,26)12-14-4-7-20-8-5-14/h11,13-16,20H,2-10,12H2,1H3,(H,21,24)/t13-,16-/m0/s1. The van der Waals surface area contributed by atoms with E-state index in [-0.39, 0.29) is 29.7 Å². The molecule has 9 heteroatoms. The molecule has 0 spiro atoms. The summed E-state index contributed by atoms with van der Waals surface area (Å²) in [5.41, 5.74) is 0.315. The zero-order valence-corrected chi connectivity index (χ0v) is 17.2. The minimum atomic E-state index is -3.27. The van der Waals surface area contributed by atoms with Gasteiger partial charge in [-0.1, -0.05) is 5.16 Å². The normalized spacial score (nSPS) is 27.6. The fourth-order valence-electron chi connectivity index (χ4n) is 4.35. The molecule has 156 valence electrons. The fraction of sp³-hybridized carbons (Fsp3) is 0.789. The lowest BCUT2D eigenvalue weighted by molar-refractivity contribution is 0.0905. The van der Waals surface area contributed by atoms with E-state index in [4.69, 9.17) is 4.52 Å². The maximum absolute atomic E-state index is 12.9. The Bertz CT molecular complexity index is 799. The molecule has 2 N–H and O–H groups in total. The van der Waals surface area contributed by atoms with Crippen molar-refractivity contribution in [2.75, 3.05) is 25.4 Å². The Balaban J connectivity index is 1.30. The van der Waals surface area contributed by atoms with E-state index >= 15 is 0 Å². The summed E-state index contributed by atoms with van der Waals surface area (Å²) < 4.78 is 32.7. The van der Waals surface area contributed by atoms with Crippen molar-refractivity contribution in [2.45, 2.75) is 63.5 Å². The number of nitrogens with one attached hydrogen (secondary N) is 2. The van der Waals surface area contributed by atoms with Gasteiger partial charge < -0.3 is 15.2 Å². The predicted octanol–water partition coefficient (Wildman–Crippen LogP) is 1.46. The van der Waals surface area contributed by atoms with Gasteiger partial charge in [0, 0.05) is 30.6 Å². The molecule has 1 aromatic rings. The molecule has 3 aliphatic rings. The molecule has 1 aromatic heterocycles. The van der Waals surface area contributed by atoms with Gasteiger partial charge in [-0.3, -0.25) is 4.79 Å². The second kappa shape index (κ2) is 8.12. The first-order chi connectivity index (χ1) is 13.4. The van der Waals surface area contributed by atoms with Gasteiger partial charge in [0.05, 0.1) is 5.75 Å². The molecule has 3 heterocycles. The van der Waals surface area contributed by atoms with Gasteiger partial charge in [-0.15, -0.1) is 0 Å². The second-order valence-electron chi connectivity index (χ2n) is 8.52. The lowest BCUT2D eigenvalue weighted by Gasteiger charge is -2.37. The highest BCUT2D eigenvalue weighted by Crippen LogP contribution is 2.40. The lowest BCUT2D eigenvalue weighted by atomic mass is 10.0. The van der Waals surface area contributed by atoms with Crippen LogP contribution in [0.3, 0.4) is 0 Å². The van der Waals surface area contributed by atoms with Crippen molar-refractivity contribution < 1.29 is 17.7 Å². The number of hydrogen-bond donors (Lipinski definition) is 2. The smallest absolute Gasteiger partial charge is 0.273 e. The number of nitrogens with zero attached hydrogens (tertiary/aromatic N) is 2. The predicted molar refractivity (Wildman–Crippen MR) is 105 cm³/mol. The van der Waals surface area contributed by atoms with Crippen LogP contribution in [0.2, 0.25) is 0 Å². The van der Waals surface area contributed by atoms with Gasteiger partial charge in [0.15, 0.2) is 5.69 Å². The lowest BCUT2D eigenvalue weighted by Crippen LogP contribution is -2.52. The monoisotopic (exact) mass is 410 g/mol. The minimum Gasteiger partial charge on any atom is -0.360 e. The van der Waals surface area contributed by atoms with Crippen molar-refractivity contribution in [3.63, 3.8) is 0 Å². The van der Waals surface area contributed by atoms with Crippen LogP contribution in [-0.4, -0.2) is 61.3 Å². The Morgan fingerprint density at radius 3 is 2.71 bits per heavy atom. The molecule has 2 atom stereocenters. The first-order valence-corrected chi connectivity index (χ1v) is 12.0. The Morgan fingerprint density at radius 1 is 1.29 bits per heavy atom. The summed E-state index contributed by atoms with van der Waals surface area (Å²) in [5, 5.41) is 10.2. The van der Waals surface area contributed by atoms with Crippen LogP contribution in [0.25, 0.3) is 0 Å². The van der Waals surface area contributed by atoms with Gasteiger partial charge >= 0.3 is 0 Å². The quantitative estimate of drug-likeness (QED) is 0.736. The number of carbonyl (C=O) groups excluding carboxylic acids is 1. The van der Waals surface area contributed by atoms with E-state index in [1.807, 2.05) is 6.92 Å². The van der Waals surface area contributed by atoms with Crippen molar-refractivity contribution >= 4 is 15.9 Å². The fourth-order valence-corrected chi connectivity index (χ4v) is 6.49. The van der Waals surface area contributed by atoms with Crippen molar-refractivity contribution in [1.29, 1.82) is 0 Å². The summed E-state index contributed by atoms with van der Waals surface area (Å²) >= 11 is 0.